The van der Waals surface area contributed by atoms with Crippen LogP contribution < -0.4 is 14.8 Å². The van der Waals surface area contributed by atoms with E-state index in [1.807, 2.05) is 0 Å². The zero-order valence-electron chi connectivity index (χ0n) is 10.9. The molecule has 4 heteroatoms. The Kier molecular flexibility index (Phi) is 4.42. The molecule has 1 aromatic carbocycles. The summed E-state index contributed by atoms with van der Waals surface area (Å²) in [6.45, 7) is 1.77. The van der Waals surface area contributed by atoms with Crippen molar-refractivity contribution >= 4 is 0 Å². The number of halogens is 1. The van der Waals surface area contributed by atoms with Crippen molar-refractivity contribution in [2.24, 2.45) is 5.92 Å². The Labute approximate surface area is 107 Å². The van der Waals surface area contributed by atoms with Crippen LogP contribution in [-0.4, -0.2) is 27.3 Å². The molecule has 18 heavy (non-hydrogen) atoms. The molecule has 1 fully saturated rings. The van der Waals surface area contributed by atoms with Gasteiger partial charge >= 0.3 is 0 Å². The topological polar surface area (TPSA) is 30.5 Å². The van der Waals surface area contributed by atoms with Crippen molar-refractivity contribution in [3.05, 3.63) is 23.8 Å². The summed E-state index contributed by atoms with van der Waals surface area (Å²) in [5.41, 5.74) is 0.601. The summed E-state index contributed by atoms with van der Waals surface area (Å²) in [6, 6.07) is 5.30. The summed E-state index contributed by atoms with van der Waals surface area (Å²) in [4.78, 5) is 0. The van der Waals surface area contributed by atoms with Gasteiger partial charge in [0.15, 0.2) is 0 Å². The molecule has 1 saturated heterocycles. The van der Waals surface area contributed by atoms with Gasteiger partial charge in [-0.1, -0.05) is 0 Å². The Balaban J connectivity index is 2.23. The number of rotatable bonds is 4. The smallest absolute Gasteiger partial charge is 0.132 e. The maximum atomic E-state index is 14.6. The maximum absolute atomic E-state index is 14.6. The van der Waals surface area contributed by atoms with Gasteiger partial charge in [0.05, 0.1) is 14.2 Å². The van der Waals surface area contributed by atoms with E-state index in [-0.39, 0.29) is 5.92 Å². The highest BCUT2D eigenvalue weighted by molar-refractivity contribution is 5.42. The van der Waals surface area contributed by atoms with Crippen LogP contribution in [0.15, 0.2) is 18.2 Å². The standard InChI is InChI=1S/C14H20FNO2/c1-17-11-3-4-13(18-2)12(9-11)14(15)10-5-7-16-8-6-10/h3-4,9-10,14,16H,5-8H2,1-2H3. The molecule has 0 radical (unpaired) electrons. The normalized spacial score (nSPS) is 18.4. The van der Waals surface area contributed by atoms with Crippen molar-refractivity contribution in [1.29, 1.82) is 0 Å². The summed E-state index contributed by atoms with van der Waals surface area (Å²) in [6.07, 6.45) is 0.737. The number of piperidine rings is 1. The second-order valence-corrected chi connectivity index (χ2v) is 4.60. The highest BCUT2D eigenvalue weighted by Crippen LogP contribution is 2.38. The van der Waals surface area contributed by atoms with E-state index in [4.69, 9.17) is 9.47 Å². The molecular weight excluding hydrogens is 233 g/mol. The van der Waals surface area contributed by atoms with Gasteiger partial charge in [0.25, 0.3) is 0 Å². The molecule has 0 spiro atoms. The first-order chi connectivity index (χ1) is 8.76. The van der Waals surface area contributed by atoms with E-state index in [0.29, 0.717) is 17.1 Å². The van der Waals surface area contributed by atoms with Gasteiger partial charge in [0.1, 0.15) is 17.7 Å². The van der Waals surface area contributed by atoms with Crippen molar-refractivity contribution in [3.63, 3.8) is 0 Å². The van der Waals surface area contributed by atoms with E-state index >= 15 is 0 Å². The zero-order chi connectivity index (χ0) is 13.0. The second kappa shape index (κ2) is 6.05. The lowest BCUT2D eigenvalue weighted by Crippen LogP contribution is -2.29. The number of nitrogens with one attached hydrogen (secondary N) is 1. The quantitative estimate of drug-likeness (QED) is 0.895. The summed E-state index contributed by atoms with van der Waals surface area (Å²) >= 11 is 0. The first kappa shape index (κ1) is 13.1. The molecule has 1 aliphatic heterocycles. The Morgan fingerprint density at radius 2 is 1.94 bits per heavy atom. The molecule has 0 aliphatic carbocycles. The number of alkyl halides is 1. The minimum Gasteiger partial charge on any atom is -0.497 e. The molecule has 1 heterocycles. The van der Waals surface area contributed by atoms with Crippen molar-refractivity contribution in [2.45, 2.75) is 19.0 Å². The number of hydrogen-bond acceptors (Lipinski definition) is 3. The van der Waals surface area contributed by atoms with E-state index in [0.717, 1.165) is 25.9 Å². The van der Waals surface area contributed by atoms with Gasteiger partial charge in [0, 0.05) is 5.56 Å². The van der Waals surface area contributed by atoms with Crippen molar-refractivity contribution in [2.75, 3.05) is 27.3 Å². The fourth-order valence-electron chi connectivity index (χ4n) is 2.45. The van der Waals surface area contributed by atoms with Gasteiger partial charge in [-0.3, -0.25) is 0 Å². The predicted octanol–water partition coefficient (Wildman–Crippen LogP) is 2.71. The molecule has 1 aliphatic rings. The molecule has 1 aromatic rings. The van der Waals surface area contributed by atoms with Gasteiger partial charge in [0.2, 0.25) is 0 Å². The fourth-order valence-corrected chi connectivity index (χ4v) is 2.45. The molecular formula is C14H20FNO2. The molecule has 3 nitrogen and oxygen atoms in total. The molecule has 1 unspecified atom stereocenters. The molecule has 2 rings (SSSR count). The minimum absolute atomic E-state index is 0.0623. The van der Waals surface area contributed by atoms with Crippen LogP contribution >= 0.6 is 0 Å². The van der Waals surface area contributed by atoms with Crippen molar-refractivity contribution < 1.29 is 13.9 Å². The van der Waals surface area contributed by atoms with E-state index in [1.54, 1.807) is 32.4 Å². The minimum atomic E-state index is -0.989. The summed E-state index contributed by atoms with van der Waals surface area (Å²) in [5, 5.41) is 3.25. The molecule has 0 amide bonds. The van der Waals surface area contributed by atoms with Crippen LogP contribution in [0.2, 0.25) is 0 Å². The SMILES string of the molecule is COc1ccc(OC)c(C(F)C2CCNCC2)c1. The summed E-state index contributed by atoms with van der Waals surface area (Å²) in [7, 11) is 3.16. The average Bonchev–Trinajstić information content (AvgIpc) is 2.46. The van der Waals surface area contributed by atoms with Gasteiger partial charge in [-0.2, -0.15) is 0 Å². The van der Waals surface area contributed by atoms with E-state index < -0.39 is 6.17 Å². The largest absolute Gasteiger partial charge is 0.497 e. The first-order valence-electron chi connectivity index (χ1n) is 6.33. The lowest BCUT2D eigenvalue weighted by Gasteiger charge is -2.27. The second-order valence-electron chi connectivity index (χ2n) is 4.60. The highest BCUT2D eigenvalue weighted by Gasteiger charge is 2.27. The highest BCUT2D eigenvalue weighted by atomic mass is 19.1. The van der Waals surface area contributed by atoms with Crippen molar-refractivity contribution in [3.8, 4) is 11.5 Å². The number of hydrogen-bond donors (Lipinski definition) is 1. The summed E-state index contributed by atoms with van der Waals surface area (Å²) < 4.78 is 25.0. The zero-order valence-corrected chi connectivity index (χ0v) is 10.9. The Morgan fingerprint density at radius 3 is 2.56 bits per heavy atom. The van der Waals surface area contributed by atoms with Gasteiger partial charge in [-0.15, -0.1) is 0 Å². The molecule has 0 aromatic heterocycles. The Morgan fingerprint density at radius 1 is 1.22 bits per heavy atom. The van der Waals surface area contributed by atoms with Crippen LogP contribution in [0.1, 0.15) is 24.6 Å². The van der Waals surface area contributed by atoms with Crippen LogP contribution in [0.5, 0.6) is 11.5 Å². The van der Waals surface area contributed by atoms with Gasteiger partial charge in [-0.05, 0) is 50.0 Å². The van der Waals surface area contributed by atoms with Crippen molar-refractivity contribution in [1.82, 2.24) is 5.32 Å². The van der Waals surface area contributed by atoms with E-state index in [2.05, 4.69) is 5.32 Å². The molecule has 100 valence electrons. The molecule has 1 atom stereocenters. The Hall–Kier alpha value is -1.29. The third-order valence-corrected chi connectivity index (χ3v) is 3.53. The number of ether oxygens (including phenoxy) is 2. The third kappa shape index (κ3) is 2.75. The molecule has 0 bridgehead atoms. The van der Waals surface area contributed by atoms with Crippen LogP contribution in [-0.2, 0) is 0 Å². The van der Waals surface area contributed by atoms with Crippen LogP contribution in [0, 0.1) is 5.92 Å². The molecule has 1 N–H and O–H groups in total. The lowest BCUT2D eigenvalue weighted by atomic mass is 9.88. The Bertz CT molecular complexity index is 391. The number of methoxy groups -OCH3 is 2. The van der Waals surface area contributed by atoms with Gasteiger partial charge < -0.3 is 14.8 Å². The van der Waals surface area contributed by atoms with Crippen LogP contribution in [0.25, 0.3) is 0 Å². The van der Waals surface area contributed by atoms with Crippen LogP contribution in [0.3, 0.4) is 0 Å². The van der Waals surface area contributed by atoms with Gasteiger partial charge in [-0.25, -0.2) is 4.39 Å². The average molecular weight is 253 g/mol. The molecule has 0 saturated carbocycles. The summed E-state index contributed by atoms with van der Waals surface area (Å²) in [5.74, 6) is 1.33. The number of benzene rings is 1. The monoisotopic (exact) mass is 253 g/mol. The predicted molar refractivity (Wildman–Crippen MR) is 69.0 cm³/mol. The maximum Gasteiger partial charge on any atom is 0.132 e. The first-order valence-corrected chi connectivity index (χ1v) is 6.33. The van der Waals surface area contributed by atoms with E-state index in [1.165, 1.54) is 0 Å². The fraction of sp³-hybridized carbons (Fsp3) is 0.571. The lowest BCUT2D eigenvalue weighted by molar-refractivity contribution is 0.185. The van der Waals surface area contributed by atoms with E-state index in [9.17, 15) is 4.39 Å². The van der Waals surface area contributed by atoms with Crippen LogP contribution in [0.4, 0.5) is 4.39 Å². The third-order valence-electron chi connectivity index (χ3n) is 3.53.